The maximum atomic E-state index is 13.7. The van der Waals surface area contributed by atoms with Crippen LogP contribution in [0.1, 0.15) is 0 Å². The number of rotatable bonds is 4. The van der Waals surface area contributed by atoms with E-state index in [-0.39, 0.29) is 4.90 Å². The van der Waals surface area contributed by atoms with E-state index in [1.54, 1.807) is 24.3 Å². The van der Waals surface area contributed by atoms with Crippen molar-refractivity contribution >= 4 is 26.5 Å². The van der Waals surface area contributed by atoms with Crippen LogP contribution in [0, 0.1) is 11.6 Å². The predicted octanol–water partition coefficient (Wildman–Crippen LogP) is 3.93. The summed E-state index contributed by atoms with van der Waals surface area (Å²) in [6, 6.07) is 12.7. The molecule has 0 saturated heterocycles. The maximum Gasteiger partial charge on any atom is 0.262 e. The highest BCUT2D eigenvalue weighted by Gasteiger charge is 2.19. The number of anilines is 1. The molecule has 0 amide bonds. The van der Waals surface area contributed by atoms with Crippen LogP contribution in [0.4, 0.5) is 14.5 Å². The minimum absolute atomic E-state index is 0.0946. The molecule has 0 aliphatic heterocycles. The van der Waals surface area contributed by atoms with Crippen LogP contribution in [0.25, 0.3) is 10.8 Å². The van der Waals surface area contributed by atoms with Crippen molar-refractivity contribution in [1.29, 1.82) is 0 Å². The molecule has 3 aromatic carbocycles. The average Bonchev–Trinajstić information content (AvgIpc) is 2.57. The number of benzene rings is 3. The van der Waals surface area contributed by atoms with Crippen molar-refractivity contribution < 1.29 is 21.9 Å². The van der Waals surface area contributed by atoms with Gasteiger partial charge in [-0.15, -0.1) is 0 Å². The van der Waals surface area contributed by atoms with Gasteiger partial charge in [-0.1, -0.05) is 18.2 Å². The molecule has 0 unspecified atom stereocenters. The lowest BCUT2D eigenvalue weighted by Crippen LogP contribution is -2.15. The Kier molecular flexibility index (Phi) is 4.11. The molecule has 7 heteroatoms. The predicted molar refractivity (Wildman–Crippen MR) is 87.7 cm³/mol. The summed E-state index contributed by atoms with van der Waals surface area (Å²) in [5.74, 6) is -1.32. The fourth-order valence-corrected chi connectivity index (χ4v) is 3.40. The van der Waals surface area contributed by atoms with E-state index >= 15 is 0 Å². The van der Waals surface area contributed by atoms with E-state index in [1.807, 2.05) is 4.72 Å². The Morgan fingerprint density at radius 3 is 2.21 bits per heavy atom. The summed E-state index contributed by atoms with van der Waals surface area (Å²) >= 11 is 0. The van der Waals surface area contributed by atoms with Gasteiger partial charge in [-0.3, -0.25) is 4.72 Å². The standard InChI is InChI=1S/C17H13F2NO3S/c1-23-13-7-5-12-10-14(8-6-11(12)9-13)24(21,22)20-17-15(18)3-2-4-16(17)19/h2-10,20H,1H3. The van der Waals surface area contributed by atoms with Crippen molar-refractivity contribution in [2.75, 3.05) is 11.8 Å². The summed E-state index contributed by atoms with van der Waals surface area (Å²) in [5, 5.41) is 1.44. The number of ether oxygens (including phenoxy) is 1. The Hall–Kier alpha value is -2.67. The zero-order chi connectivity index (χ0) is 17.3. The van der Waals surface area contributed by atoms with Gasteiger partial charge in [0.1, 0.15) is 23.1 Å². The molecule has 124 valence electrons. The third kappa shape index (κ3) is 3.03. The van der Waals surface area contributed by atoms with Crippen LogP contribution < -0.4 is 9.46 Å². The van der Waals surface area contributed by atoms with Crippen LogP contribution in [0.15, 0.2) is 59.5 Å². The molecule has 0 atom stereocenters. The number of hydrogen-bond donors (Lipinski definition) is 1. The normalized spacial score (nSPS) is 11.5. The molecule has 0 fully saturated rings. The SMILES string of the molecule is COc1ccc2cc(S(=O)(=O)Nc3c(F)cccc3F)ccc2c1. The van der Waals surface area contributed by atoms with E-state index in [9.17, 15) is 17.2 Å². The zero-order valence-electron chi connectivity index (χ0n) is 12.6. The quantitative estimate of drug-likeness (QED) is 0.776. The van der Waals surface area contributed by atoms with Crippen LogP contribution in [-0.4, -0.2) is 15.5 Å². The largest absolute Gasteiger partial charge is 0.497 e. The van der Waals surface area contributed by atoms with Crippen LogP contribution in [0.5, 0.6) is 5.75 Å². The molecular weight excluding hydrogens is 336 g/mol. The summed E-state index contributed by atoms with van der Waals surface area (Å²) in [6.07, 6.45) is 0. The number of sulfonamides is 1. The molecule has 3 aromatic rings. The van der Waals surface area contributed by atoms with Crippen molar-refractivity contribution in [3.05, 3.63) is 66.2 Å². The number of nitrogens with one attached hydrogen (secondary N) is 1. The highest BCUT2D eigenvalue weighted by atomic mass is 32.2. The lowest BCUT2D eigenvalue weighted by atomic mass is 10.1. The smallest absolute Gasteiger partial charge is 0.262 e. The first-order valence-electron chi connectivity index (χ1n) is 6.95. The van der Waals surface area contributed by atoms with E-state index < -0.39 is 27.3 Å². The van der Waals surface area contributed by atoms with Gasteiger partial charge >= 0.3 is 0 Å². The number of halogens is 2. The van der Waals surface area contributed by atoms with Gasteiger partial charge in [0.2, 0.25) is 0 Å². The molecule has 1 N–H and O–H groups in total. The van der Waals surface area contributed by atoms with Gasteiger partial charge in [-0.2, -0.15) is 0 Å². The van der Waals surface area contributed by atoms with Gasteiger partial charge in [0, 0.05) is 0 Å². The zero-order valence-corrected chi connectivity index (χ0v) is 13.4. The number of methoxy groups -OCH3 is 1. The Morgan fingerprint density at radius 1 is 0.917 bits per heavy atom. The molecule has 0 heterocycles. The van der Waals surface area contributed by atoms with Gasteiger partial charge < -0.3 is 4.74 Å². The summed E-state index contributed by atoms with van der Waals surface area (Å²) in [6.45, 7) is 0. The molecule has 0 aliphatic carbocycles. The summed E-state index contributed by atoms with van der Waals surface area (Å²) in [7, 11) is -2.59. The molecule has 0 bridgehead atoms. The summed E-state index contributed by atoms with van der Waals surface area (Å²) in [5.41, 5.74) is -0.702. The highest BCUT2D eigenvalue weighted by Crippen LogP contribution is 2.26. The fraction of sp³-hybridized carbons (Fsp3) is 0.0588. The Bertz CT molecular complexity index is 999. The molecule has 0 spiro atoms. The Labute approximate surface area is 137 Å². The van der Waals surface area contributed by atoms with E-state index in [4.69, 9.17) is 4.74 Å². The topological polar surface area (TPSA) is 55.4 Å². The first-order chi connectivity index (χ1) is 11.4. The summed E-state index contributed by atoms with van der Waals surface area (Å²) < 4.78 is 59.2. The minimum Gasteiger partial charge on any atom is -0.497 e. The molecule has 0 aliphatic rings. The lowest BCUT2D eigenvalue weighted by molar-refractivity contribution is 0.415. The van der Waals surface area contributed by atoms with Crippen molar-refractivity contribution in [2.24, 2.45) is 0 Å². The van der Waals surface area contributed by atoms with Gasteiger partial charge in [0.05, 0.1) is 12.0 Å². The molecular formula is C17H13F2NO3S. The first kappa shape index (κ1) is 16.2. The van der Waals surface area contributed by atoms with Gasteiger partial charge in [-0.05, 0) is 47.2 Å². The first-order valence-corrected chi connectivity index (χ1v) is 8.44. The average molecular weight is 349 g/mol. The molecule has 0 radical (unpaired) electrons. The molecule has 0 aromatic heterocycles. The van der Waals surface area contributed by atoms with Gasteiger partial charge in [0.25, 0.3) is 10.0 Å². The third-order valence-corrected chi connectivity index (χ3v) is 4.88. The van der Waals surface area contributed by atoms with Gasteiger partial charge in [0.15, 0.2) is 0 Å². The number of hydrogen-bond acceptors (Lipinski definition) is 3. The molecule has 24 heavy (non-hydrogen) atoms. The second-order valence-corrected chi connectivity index (χ2v) is 6.76. The van der Waals surface area contributed by atoms with Crippen LogP contribution in [0.2, 0.25) is 0 Å². The van der Waals surface area contributed by atoms with Crippen molar-refractivity contribution in [3.8, 4) is 5.75 Å². The Morgan fingerprint density at radius 2 is 1.54 bits per heavy atom. The van der Waals surface area contributed by atoms with E-state index in [0.717, 1.165) is 23.6 Å². The van der Waals surface area contributed by atoms with Crippen LogP contribution in [-0.2, 0) is 10.0 Å². The number of fused-ring (bicyclic) bond motifs is 1. The van der Waals surface area contributed by atoms with E-state index in [1.165, 1.54) is 19.2 Å². The van der Waals surface area contributed by atoms with Crippen LogP contribution >= 0.6 is 0 Å². The molecule has 4 nitrogen and oxygen atoms in total. The fourth-order valence-electron chi connectivity index (χ4n) is 2.28. The maximum absolute atomic E-state index is 13.7. The number of para-hydroxylation sites is 1. The Balaban J connectivity index is 2.02. The van der Waals surface area contributed by atoms with Crippen molar-refractivity contribution in [2.45, 2.75) is 4.90 Å². The monoisotopic (exact) mass is 349 g/mol. The van der Waals surface area contributed by atoms with Crippen molar-refractivity contribution in [1.82, 2.24) is 0 Å². The lowest BCUT2D eigenvalue weighted by Gasteiger charge is -2.11. The van der Waals surface area contributed by atoms with Crippen molar-refractivity contribution in [3.63, 3.8) is 0 Å². The second-order valence-electron chi connectivity index (χ2n) is 5.08. The van der Waals surface area contributed by atoms with Gasteiger partial charge in [-0.25, -0.2) is 17.2 Å². The van der Waals surface area contributed by atoms with E-state index in [0.29, 0.717) is 11.1 Å². The second kappa shape index (κ2) is 6.09. The highest BCUT2D eigenvalue weighted by molar-refractivity contribution is 7.92. The molecule has 0 saturated carbocycles. The minimum atomic E-state index is -4.13. The van der Waals surface area contributed by atoms with E-state index in [2.05, 4.69) is 0 Å². The summed E-state index contributed by atoms with van der Waals surface area (Å²) in [4.78, 5) is -0.0946. The molecule has 3 rings (SSSR count). The van der Waals surface area contributed by atoms with Crippen LogP contribution in [0.3, 0.4) is 0 Å². The third-order valence-electron chi connectivity index (χ3n) is 3.53.